The van der Waals surface area contributed by atoms with E-state index in [4.69, 9.17) is 9.47 Å². The van der Waals surface area contributed by atoms with Crippen molar-refractivity contribution in [1.29, 1.82) is 0 Å². The van der Waals surface area contributed by atoms with Crippen LogP contribution in [0.25, 0.3) is 0 Å². The number of amides is 3. The fourth-order valence-corrected chi connectivity index (χ4v) is 5.32. The average Bonchev–Trinajstić information content (AvgIpc) is 3.43. The highest BCUT2D eigenvalue weighted by Gasteiger charge is 2.37. The Morgan fingerprint density at radius 3 is 1.89 bits per heavy atom. The second kappa shape index (κ2) is 12.1. The molecular weight excluding hydrogens is 472 g/mol. The summed E-state index contributed by atoms with van der Waals surface area (Å²) in [6.45, 7) is 3.80. The van der Waals surface area contributed by atoms with Crippen molar-refractivity contribution in [2.45, 2.75) is 38.6 Å². The number of benzene rings is 2. The van der Waals surface area contributed by atoms with Crippen LogP contribution in [0.15, 0.2) is 42.5 Å². The molecule has 0 radical (unpaired) electrons. The summed E-state index contributed by atoms with van der Waals surface area (Å²) in [5.41, 5.74) is 1.91. The first-order valence-electron chi connectivity index (χ1n) is 12.8. The molecule has 2 aliphatic rings. The van der Waals surface area contributed by atoms with E-state index in [9.17, 15) is 14.4 Å². The molecular formula is C28H36N4O5. The lowest BCUT2D eigenvalue weighted by molar-refractivity contribution is -0.124. The first kappa shape index (κ1) is 26.5. The molecule has 0 spiro atoms. The number of rotatable bonds is 8. The molecule has 2 aromatic carbocycles. The predicted molar refractivity (Wildman–Crippen MR) is 142 cm³/mol. The van der Waals surface area contributed by atoms with E-state index in [0.717, 1.165) is 25.7 Å². The zero-order valence-corrected chi connectivity index (χ0v) is 21.8. The normalized spacial score (nSPS) is 17.2. The van der Waals surface area contributed by atoms with Gasteiger partial charge in [-0.2, -0.15) is 0 Å². The smallest absolute Gasteiger partial charge is 0.254 e. The van der Waals surface area contributed by atoms with Crippen molar-refractivity contribution < 1.29 is 23.9 Å². The summed E-state index contributed by atoms with van der Waals surface area (Å²) in [5.74, 6) is 1.22. The molecule has 198 valence electrons. The van der Waals surface area contributed by atoms with Gasteiger partial charge in [0.1, 0.15) is 11.5 Å². The number of ether oxygens (including phenoxy) is 2. The first-order valence-corrected chi connectivity index (χ1v) is 12.8. The summed E-state index contributed by atoms with van der Waals surface area (Å²) >= 11 is 0. The van der Waals surface area contributed by atoms with Gasteiger partial charge in [0, 0.05) is 56.1 Å². The van der Waals surface area contributed by atoms with Crippen LogP contribution in [0.3, 0.4) is 0 Å². The van der Waals surface area contributed by atoms with Crippen LogP contribution >= 0.6 is 0 Å². The fraction of sp³-hybridized carbons (Fsp3) is 0.464. The van der Waals surface area contributed by atoms with Gasteiger partial charge in [0.15, 0.2) is 0 Å². The van der Waals surface area contributed by atoms with E-state index in [1.54, 1.807) is 56.7 Å². The fourth-order valence-electron chi connectivity index (χ4n) is 5.32. The van der Waals surface area contributed by atoms with Gasteiger partial charge in [-0.05, 0) is 55.2 Å². The Bertz CT molecular complexity index is 1080. The lowest BCUT2D eigenvalue weighted by Gasteiger charge is -2.40. The van der Waals surface area contributed by atoms with E-state index in [1.807, 2.05) is 4.90 Å². The Kier molecular flexibility index (Phi) is 8.66. The second-order valence-corrected chi connectivity index (χ2v) is 9.67. The molecule has 1 aliphatic heterocycles. The molecule has 1 heterocycles. The van der Waals surface area contributed by atoms with Gasteiger partial charge < -0.3 is 25.0 Å². The van der Waals surface area contributed by atoms with E-state index in [2.05, 4.69) is 15.5 Å². The van der Waals surface area contributed by atoms with Crippen molar-refractivity contribution in [3.8, 4) is 11.5 Å². The standard InChI is InChI=1S/C28H36N4O5/c1-19(33)29-22-8-10-23(11-9-22)30-27(34)26(20-6-4-5-7-20)31-12-14-32(15-13-31)28(35)21-16-24(36-2)18-25(17-21)37-3/h8-11,16-18,20,26H,4-7,12-15H2,1-3H3,(H,29,33)(H,30,34). The SMILES string of the molecule is COc1cc(OC)cc(C(=O)N2CCN(C(C(=O)Nc3ccc(NC(C)=O)cc3)C3CCCC3)CC2)c1. The maximum absolute atomic E-state index is 13.5. The molecule has 3 amide bonds. The Hall–Kier alpha value is -3.59. The van der Waals surface area contributed by atoms with Gasteiger partial charge in [0.05, 0.1) is 20.3 Å². The zero-order valence-electron chi connectivity index (χ0n) is 21.8. The molecule has 1 saturated heterocycles. The molecule has 2 aromatic rings. The lowest BCUT2D eigenvalue weighted by Crippen LogP contribution is -2.56. The zero-order chi connectivity index (χ0) is 26.4. The van der Waals surface area contributed by atoms with Gasteiger partial charge in [-0.3, -0.25) is 19.3 Å². The van der Waals surface area contributed by atoms with Crippen LogP contribution in [0.1, 0.15) is 43.0 Å². The monoisotopic (exact) mass is 508 g/mol. The van der Waals surface area contributed by atoms with Crippen molar-refractivity contribution in [2.75, 3.05) is 51.0 Å². The van der Waals surface area contributed by atoms with Gasteiger partial charge >= 0.3 is 0 Å². The van der Waals surface area contributed by atoms with E-state index in [0.29, 0.717) is 60.5 Å². The number of nitrogens with one attached hydrogen (secondary N) is 2. The van der Waals surface area contributed by atoms with E-state index >= 15 is 0 Å². The van der Waals surface area contributed by atoms with Gasteiger partial charge in [-0.25, -0.2) is 0 Å². The molecule has 2 fully saturated rings. The summed E-state index contributed by atoms with van der Waals surface area (Å²) in [4.78, 5) is 42.1. The van der Waals surface area contributed by atoms with Crippen LogP contribution in [0, 0.1) is 5.92 Å². The molecule has 9 heteroatoms. The van der Waals surface area contributed by atoms with Crippen molar-refractivity contribution in [1.82, 2.24) is 9.80 Å². The minimum Gasteiger partial charge on any atom is -0.497 e. The van der Waals surface area contributed by atoms with Crippen molar-refractivity contribution >= 4 is 29.1 Å². The van der Waals surface area contributed by atoms with Crippen LogP contribution < -0.4 is 20.1 Å². The minimum atomic E-state index is -0.244. The van der Waals surface area contributed by atoms with Crippen molar-refractivity contribution in [3.63, 3.8) is 0 Å². The van der Waals surface area contributed by atoms with Gasteiger partial charge in [0.25, 0.3) is 5.91 Å². The highest BCUT2D eigenvalue weighted by atomic mass is 16.5. The number of hydrogen-bond acceptors (Lipinski definition) is 6. The number of hydrogen-bond donors (Lipinski definition) is 2. The largest absolute Gasteiger partial charge is 0.497 e. The number of methoxy groups -OCH3 is 2. The Morgan fingerprint density at radius 1 is 0.838 bits per heavy atom. The third-order valence-corrected chi connectivity index (χ3v) is 7.18. The van der Waals surface area contributed by atoms with Crippen molar-refractivity contribution in [2.24, 2.45) is 5.92 Å². The average molecular weight is 509 g/mol. The molecule has 1 unspecified atom stereocenters. The summed E-state index contributed by atoms with van der Waals surface area (Å²) in [5, 5.41) is 5.82. The van der Waals surface area contributed by atoms with Crippen LogP contribution in [0.4, 0.5) is 11.4 Å². The first-order chi connectivity index (χ1) is 17.9. The third-order valence-electron chi connectivity index (χ3n) is 7.18. The van der Waals surface area contributed by atoms with Crippen LogP contribution in [-0.2, 0) is 9.59 Å². The number of nitrogens with zero attached hydrogens (tertiary/aromatic N) is 2. The summed E-state index contributed by atoms with van der Waals surface area (Å²) in [6.07, 6.45) is 4.33. The van der Waals surface area contributed by atoms with Gasteiger partial charge in [-0.15, -0.1) is 0 Å². The van der Waals surface area contributed by atoms with E-state index in [1.165, 1.54) is 6.92 Å². The Labute approximate surface area is 218 Å². The van der Waals surface area contributed by atoms with E-state index < -0.39 is 0 Å². The van der Waals surface area contributed by atoms with Gasteiger partial charge in [0.2, 0.25) is 11.8 Å². The molecule has 1 saturated carbocycles. The molecule has 1 atom stereocenters. The summed E-state index contributed by atoms with van der Waals surface area (Å²) < 4.78 is 10.6. The highest BCUT2D eigenvalue weighted by Crippen LogP contribution is 2.32. The van der Waals surface area contributed by atoms with Crippen LogP contribution in [0.2, 0.25) is 0 Å². The predicted octanol–water partition coefficient (Wildman–Crippen LogP) is 3.62. The lowest BCUT2D eigenvalue weighted by atomic mass is 9.94. The molecule has 37 heavy (non-hydrogen) atoms. The number of anilines is 2. The molecule has 0 bridgehead atoms. The molecule has 0 aromatic heterocycles. The highest BCUT2D eigenvalue weighted by molar-refractivity contribution is 5.96. The number of carbonyl (C=O) groups excluding carboxylic acids is 3. The van der Waals surface area contributed by atoms with E-state index in [-0.39, 0.29) is 23.8 Å². The third kappa shape index (κ3) is 6.60. The Balaban J connectivity index is 1.42. The topological polar surface area (TPSA) is 100 Å². The Morgan fingerprint density at radius 2 is 1.38 bits per heavy atom. The maximum Gasteiger partial charge on any atom is 0.254 e. The molecule has 1 aliphatic carbocycles. The number of piperazine rings is 1. The summed E-state index contributed by atoms with van der Waals surface area (Å²) in [6, 6.07) is 12.1. The van der Waals surface area contributed by atoms with Crippen LogP contribution in [-0.4, -0.2) is 74.0 Å². The van der Waals surface area contributed by atoms with Gasteiger partial charge in [-0.1, -0.05) is 12.8 Å². The number of carbonyl (C=O) groups is 3. The maximum atomic E-state index is 13.5. The quantitative estimate of drug-likeness (QED) is 0.565. The minimum absolute atomic E-state index is 0.0171. The molecule has 9 nitrogen and oxygen atoms in total. The van der Waals surface area contributed by atoms with Crippen LogP contribution in [0.5, 0.6) is 11.5 Å². The second-order valence-electron chi connectivity index (χ2n) is 9.67. The van der Waals surface area contributed by atoms with Crippen molar-refractivity contribution in [3.05, 3.63) is 48.0 Å². The molecule has 2 N–H and O–H groups in total. The summed E-state index contributed by atoms with van der Waals surface area (Å²) in [7, 11) is 3.13. The molecule has 4 rings (SSSR count).